The van der Waals surface area contributed by atoms with E-state index >= 15 is 0 Å². The number of carbonyl (C=O) groups is 1. The molecule has 0 saturated carbocycles. The van der Waals surface area contributed by atoms with Gasteiger partial charge in [0.2, 0.25) is 5.91 Å². The van der Waals surface area contributed by atoms with Crippen LogP contribution < -0.4 is 10.9 Å². The molecule has 0 spiro atoms. The SMILES string of the molecule is C=CCNC(=O)Cn1cnc2scc(-c3ccc(F)cc3)c2c1=O. The Balaban J connectivity index is 2.03. The summed E-state index contributed by atoms with van der Waals surface area (Å²) in [6, 6.07) is 5.92. The van der Waals surface area contributed by atoms with Crippen molar-refractivity contribution in [1.82, 2.24) is 14.9 Å². The zero-order valence-corrected chi connectivity index (χ0v) is 13.5. The molecule has 5 nitrogen and oxygen atoms in total. The van der Waals surface area contributed by atoms with Gasteiger partial charge in [-0.1, -0.05) is 18.2 Å². The van der Waals surface area contributed by atoms with Crippen LogP contribution in [0.1, 0.15) is 0 Å². The molecule has 3 rings (SSSR count). The fraction of sp³-hybridized carbons (Fsp3) is 0.118. The van der Waals surface area contributed by atoms with Gasteiger partial charge in [0.1, 0.15) is 17.2 Å². The quantitative estimate of drug-likeness (QED) is 0.724. The maximum absolute atomic E-state index is 13.1. The Labute approximate surface area is 141 Å². The van der Waals surface area contributed by atoms with Crippen LogP contribution in [-0.4, -0.2) is 22.0 Å². The maximum atomic E-state index is 13.1. The number of amides is 1. The van der Waals surface area contributed by atoms with Crippen LogP contribution in [0.3, 0.4) is 0 Å². The minimum absolute atomic E-state index is 0.117. The molecule has 0 aliphatic rings. The van der Waals surface area contributed by atoms with E-state index in [4.69, 9.17) is 0 Å². The first kappa shape index (κ1) is 16.1. The largest absolute Gasteiger partial charge is 0.351 e. The summed E-state index contributed by atoms with van der Waals surface area (Å²) < 4.78 is 14.4. The smallest absolute Gasteiger partial charge is 0.263 e. The van der Waals surface area contributed by atoms with E-state index in [-0.39, 0.29) is 23.8 Å². The van der Waals surface area contributed by atoms with Gasteiger partial charge in [0.15, 0.2) is 0 Å². The molecule has 3 aromatic rings. The standard InChI is InChI=1S/C17H14FN3O2S/c1-2-7-19-14(22)8-21-10-20-16-15(17(21)23)13(9-24-16)11-3-5-12(18)6-4-11/h2-6,9-10H,1,7-8H2,(H,19,22). The number of nitrogens with zero attached hydrogens (tertiary/aromatic N) is 2. The second-order valence-corrected chi connectivity index (χ2v) is 5.96. The number of benzene rings is 1. The number of fused-ring (bicyclic) bond motifs is 1. The van der Waals surface area contributed by atoms with Gasteiger partial charge in [-0.2, -0.15) is 0 Å². The molecule has 0 radical (unpaired) electrons. The number of hydrogen-bond acceptors (Lipinski definition) is 4. The van der Waals surface area contributed by atoms with Gasteiger partial charge < -0.3 is 5.32 Å². The third-order valence-electron chi connectivity index (χ3n) is 3.47. The van der Waals surface area contributed by atoms with Gasteiger partial charge in [-0.15, -0.1) is 17.9 Å². The lowest BCUT2D eigenvalue weighted by atomic mass is 10.1. The number of carbonyl (C=O) groups excluding carboxylic acids is 1. The Morgan fingerprint density at radius 2 is 2.12 bits per heavy atom. The highest BCUT2D eigenvalue weighted by Crippen LogP contribution is 2.30. The van der Waals surface area contributed by atoms with Gasteiger partial charge in [0.05, 0.1) is 11.7 Å². The zero-order chi connectivity index (χ0) is 17.1. The van der Waals surface area contributed by atoms with E-state index in [1.165, 1.54) is 34.4 Å². The third kappa shape index (κ3) is 3.11. The number of rotatable bonds is 5. The van der Waals surface area contributed by atoms with Crippen molar-refractivity contribution in [2.45, 2.75) is 6.54 Å². The molecular formula is C17H14FN3O2S. The van der Waals surface area contributed by atoms with Gasteiger partial charge in [0.25, 0.3) is 5.56 Å². The van der Waals surface area contributed by atoms with E-state index < -0.39 is 0 Å². The van der Waals surface area contributed by atoms with E-state index in [0.717, 1.165) is 5.56 Å². The summed E-state index contributed by atoms with van der Waals surface area (Å²) in [5.41, 5.74) is 1.12. The molecule has 1 amide bonds. The number of halogens is 1. The number of hydrogen-bond donors (Lipinski definition) is 1. The fourth-order valence-electron chi connectivity index (χ4n) is 2.32. The molecule has 0 aliphatic carbocycles. The van der Waals surface area contributed by atoms with Gasteiger partial charge >= 0.3 is 0 Å². The van der Waals surface area contributed by atoms with E-state index in [2.05, 4.69) is 16.9 Å². The molecule has 122 valence electrons. The van der Waals surface area contributed by atoms with Crippen LogP contribution in [0.4, 0.5) is 4.39 Å². The molecule has 0 unspecified atom stereocenters. The minimum Gasteiger partial charge on any atom is -0.351 e. The first-order chi connectivity index (χ1) is 11.6. The average Bonchev–Trinajstić information content (AvgIpc) is 3.01. The third-order valence-corrected chi connectivity index (χ3v) is 4.36. The Morgan fingerprint density at radius 3 is 2.83 bits per heavy atom. The maximum Gasteiger partial charge on any atom is 0.263 e. The van der Waals surface area contributed by atoms with E-state index in [9.17, 15) is 14.0 Å². The summed E-state index contributed by atoms with van der Waals surface area (Å²) in [6.45, 7) is 3.74. The molecular weight excluding hydrogens is 329 g/mol. The van der Waals surface area contributed by atoms with Crippen LogP contribution in [0.5, 0.6) is 0 Å². The molecule has 0 aliphatic heterocycles. The molecule has 7 heteroatoms. The molecule has 0 atom stereocenters. The predicted octanol–water partition coefficient (Wildman–Crippen LogP) is 2.57. The summed E-state index contributed by atoms with van der Waals surface area (Å²) in [7, 11) is 0. The van der Waals surface area contributed by atoms with Crippen LogP contribution in [-0.2, 0) is 11.3 Å². The summed E-state index contributed by atoms with van der Waals surface area (Å²) in [5, 5.41) is 4.87. The van der Waals surface area contributed by atoms with Crippen molar-refractivity contribution in [3.8, 4) is 11.1 Å². The second kappa shape index (κ2) is 6.76. The predicted molar refractivity (Wildman–Crippen MR) is 92.5 cm³/mol. The summed E-state index contributed by atoms with van der Waals surface area (Å²) in [5.74, 6) is -0.635. The summed E-state index contributed by atoms with van der Waals surface area (Å²) in [6.07, 6.45) is 2.93. The first-order valence-corrected chi connectivity index (χ1v) is 8.08. The molecule has 1 aromatic carbocycles. The molecule has 0 saturated heterocycles. The van der Waals surface area contributed by atoms with Crippen molar-refractivity contribution in [3.05, 3.63) is 64.8 Å². The van der Waals surface area contributed by atoms with Crippen LogP contribution >= 0.6 is 11.3 Å². The highest BCUT2D eigenvalue weighted by molar-refractivity contribution is 7.17. The second-order valence-electron chi connectivity index (χ2n) is 5.11. The Bertz CT molecular complexity index is 960. The van der Waals surface area contributed by atoms with Gasteiger partial charge in [0, 0.05) is 17.5 Å². The molecule has 0 bridgehead atoms. The van der Waals surface area contributed by atoms with Crippen molar-refractivity contribution in [2.75, 3.05) is 6.54 Å². The average molecular weight is 343 g/mol. The van der Waals surface area contributed by atoms with Crippen LogP contribution in [0.2, 0.25) is 0 Å². The van der Waals surface area contributed by atoms with Crippen molar-refractivity contribution in [3.63, 3.8) is 0 Å². The number of aromatic nitrogens is 2. The molecule has 24 heavy (non-hydrogen) atoms. The molecule has 2 aromatic heterocycles. The van der Waals surface area contributed by atoms with Crippen LogP contribution in [0.25, 0.3) is 21.3 Å². The van der Waals surface area contributed by atoms with Gasteiger partial charge in [-0.25, -0.2) is 9.37 Å². The summed E-state index contributed by atoms with van der Waals surface area (Å²) in [4.78, 5) is 29.4. The van der Waals surface area contributed by atoms with Crippen molar-refractivity contribution in [1.29, 1.82) is 0 Å². The summed E-state index contributed by atoms with van der Waals surface area (Å²) >= 11 is 1.34. The van der Waals surface area contributed by atoms with Crippen molar-refractivity contribution >= 4 is 27.5 Å². The normalized spacial score (nSPS) is 10.7. The van der Waals surface area contributed by atoms with Crippen LogP contribution in [0, 0.1) is 5.82 Å². The molecule has 0 fully saturated rings. The van der Waals surface area contributed by atoms with E-state index in [1.807, 2.05) is 5.38 Å². The minimum atomic E-state index is -0.340. The highest BCUT2D eigenvalue weighted by Gasteiger charge is 2.14. The monoisotopic (exact) mass is 343 g/mol. The van der Waals surface area contributed by atoms with Crippen LogP contribution in [0.15, 0.2) is 53.4 Å². The lowest BCUT2D eigenvalue weighted by Crippen LogP contribution is -2.32. The van der Waals surface area contributed by atoms with E-state index in [1.54, 1.807) is 18.2 Å². The first-order valence-electron chi connectivity index (χ1n) is 7.20. The Hall–Kier alpha value is -2.80. The van der Waals surface area contributed by atoms with E-state index in [0.29, 0.717) is 22.3 Å². The lowest BCUT2D eigenvalue weighted by molar-refractivity contribution is -0.121. The Morgan fingerprint density at radius 1 is 1.38 bits per heavy atom. The molecule has 1 N–H and O–H groups in total. The fourth-order valence-corrected chi connectivity index (χ4v) is 3.23. The van der Waals surface area contributed by atoms with Crippen molar-refractivity contribution in [2.24, 2.45) is 0 Å². The number of nitrogens with one attached hydrogen (secondary N) is 1. The topological polar surface area (TPSA) is 64.0 Å². The lowest BCUT2D eigenvalue weighted by Gasteiger charge is -2.06. The molecule has 2 heterocycles. The zero-order valence-electron chi connectivity index (χ0n) is 12.7. The van der Waals surface area contributed by atoms with Crippen molar-refractivity contribution < 1.29 is 9.18 Å². The van der Waals surface area contributed by atoms with Gasteiger partial charge in [-0.05, 0) is 17.7 Å². The Kier molecular flexibility index (Phi) is 4.52. The number of thiophene rings is 1. The van der Waals surface area contributed by atoms with Gasteiger partial charge in [-0.3, -0.25) is 14.2 Å². The highest BCUT2D eigenvalue weighted by atomic mass is 32.1.